The summed E-state index contributed by atoms with van der Waals surface area (Å²) in [5.74, 6) is -2.48. The van der Waals surface area contributed by atoms with E-state index in [2.05, 4.69) is 9.97 Å². The van der Waals surface area contributed by atoms with Crippen LogP contribution in [0.4, 0.5) is 9.52 Å². The molecule has 0 aliphatic carbocycles. The lowest BCUT2D eigenvalue weighted by Gasteiger charge is -2.22. The highest BCUT2D eigenvalue weighted by atomic mass is 35.5. The molecular weight excluding hydrogens is 528 g/mol. The molecule has 36 heavy (non-hydrogen) atoms. The first kappa shape index (κ1) is 24.2. The van der Waals surface area contributed by atoms with Gasteiger partial charge in [-0.1, -0.05) is 34.5 Å². The summed E-state index contributed by atoms with van der Waals surface area (Å²) in [4.78, 5) is 36.2. The Morgan fingerprint density at radius 3 is 2.61 bits per heavy atom. The number of aliphatic hydroxyl groups excluding tert-OH is 1. The lowest BCUT2D eigenvalue weighted by Crippen LogP contribution is -2.29. The zero-order valence-electron chi connectivity index (χ0n) is 18.5. The second kappa shape index (κ2) is 9.50. The molecule has 11 heteroatoms. The van der Waals surface area contributed by atoms with Gasteiger partial charge in [0.25, 0.3) is 5.78 Å². The number of anilines is 1. The summed E-state index contributed by atoms with van der Waals surface area (Å²) in [7, 11) is 0. The van der Waals surface area contributed by atoms with Crippen molar-refractivity contribution in [2.45, 2.75) is 13.0 Å². The quantitative estimate of drug-likeness (QED) is 0.184. The molecule has 3 heterocycles. The maximum absolute atomic E-state index is 14.0. The van der Waals surface area contributed by atoms with Gasteiger partial charge in [0.2, 0.25) is 0 Å². The average Bonchev–Trinajstić information content (AvgIpc) is 3.38. The number of Topliss-reactive ketones (excluding diaryl/α,β-unsaturated/α-hetero) is 1. The number of rotatable bonds is 5. The number of thiazole rings is 1. The molecule has 1 unspecified atom stereocenters. The smallest absolute Gasteiger partial charge is 0.301 e. The van der Waals surface area contributed by atoms with Gasteiger partial charge in [-0.05, 0) is 55.0 Å². The van der Waals surface area contributed by atoms with E-state index in [1.54, 1.807) is 19.1 Å². The van der Waals surface area contributed by atoms with Crippen molar-refractivity contribution < 1.29 is 23.8 Å². The molecular formula is C25H16Cl2FN3O4S. The van der Waals surface area contributed by atoms with Crippen molar-refractivity contribution >= 4 is 67.3 Å². The van der Waals surface area contributed by atoms with Gasteiger partial charge < -0.3 is 9.84 Å². The Hall–Kier alpha value is -3.53. The molecule has 0 spiro atoms. The first-order valence-corrected chi connectivity index (χ1v) is 12.3. The van der Waals surface area contributed by atoms with Crippen LogP contribution in [0.3, 0.4) is 0 Å². The van der Waals surface area contributed by atoms with Crippen molar-refractivity contribution in [2.24, 2.45) is 0 Å². The van der Waals surface area contributed by atoms with E-state index in [1.165, 1.54) is 47.6 Å². The van der Waals surface area contributed by atoms with Gasteiger partial charge in [-0.3, -0.25) is 19.5 Å². The Bertz CT molecular complexity index is 1520. The van der Waals surface area contributed by atoms with E-state index in [0.29, 0.717) is 33.2 Å². The lowest BCUT2D eigenvalue weighted by molar-refractivity contribution is -0.132. The minimum Gasteiger partial charge on any atom is -0.507 e. The SMILES string of the molecule is CCOc1cc(/C(O)=C2\C(=O)C(=O)N(c3nc4cc(Cl)c(F)cc4s3)C2c2ccncc2)ccc1Cl. The van der Waals surface area contributed by atoms with Gasteiger partial charge in [0.1, 0.15) is 17.3 Å². The monoisotopic (exact) mass is 543 g/mol. The van der Waals surface area contributed by atoms with Crippen LogP contribution in [0.2, 0.25) is 10.0 Å². The third kappa shape index (κ3) is 4.09. The molecule has 7 nitrogen and oxygen atoms in total. The highest BCUT2D eigenvalue weighted by Gasteiger charge is 2.48. The highest BCUT2D eigenvalue weighted by Crippen LogP contribution is 2.45. The maximum Gasteiger partial charge on any atom is 0.301 e. The fourth-order valence-corrected chi connectivity index (χ4v) is 5.31. The van der Waals surface area contributed by atoms with Gasteiger partial charge in [-0.2, -0.15) is 0 Å². The van der Waals surface area contributed by atoms with Crippen molar-refractivity contribution in [2.75, 3.05) is 11.5 Å². The molecule has 4 aromatic rings. The molecule has 1 atom stereocenters. The van der Waals surface area contributed by atoms with Crippen LogP contribution in [0, 0.1) is 5.82 Å². The summed E-state index contributed by atoms with van der Waals surface area (Å²) in [5.41, 5.74) is 1.00. The Morgan fingerprint density at radius 2 is 1.89 bits per heavy atom. The van der Waals surface area contributed by atoms with Crippen molar-refractivity contribution in [1.29, 1.82) is 0 Å². The van der Waals surface area contributed by atoms with Crippen LogP contribution >= 0.6 is 34.5 Å². The van der Waals surface area contributed by atoms with Crippen LogP contribution < -0.4 is 9.64 Å². The van der Waals surface area contributed by atoms with Gasteiger partial charge in [-0.15, -0.1) is 0 Å². The summed E-state index contributed by atoms with van der Waals surface area (Å²) in [6.07, 6.45) is 3.02. The number of amides is 1. The molecule has 2 aromatic heterocycles. The topological polar surface area (TPSA) is 92.6 Å². The number of halogens is 3. The fraction of sp³-hybridized carbons (Fsp3) is 0.120. The van der Waals surface area contributed by atoms with Crippen molar-refractivity contribution in [3.05, 3.63) is 87.4 Å². The first-order chi connectivity index (χ1) is 17.3. The van der Waals surface area contributed by atoms with Crippen LogP contribution in [-0.4, -0.2) is 33.4 Å². The van der Waals surface area contributed by atoms with E-state index in [-0.39, 0.29) is 21.3 Å². The van der Waals surface area contributed by atoms with E-state index < -0.39 is 29.3 Å². The van der Waals surface area contributed by atoms with Crippen molar-refractivity contribution in [3.8, 4) is 5.75 Å². The van der Waals surface area contributed by atoms with Crippen molar-refractivity contribution in [1.82, 2.24) is 9.97 Å². The van der Waals surface area contributed by atoms with Crippen LogP contribution in [0.15, 0.2) is 60.4 Å². The number of hydrogen-bond donors (Lipinski definition) is 1. The number of pyridine rings is 1. The number of carbonyl (C=O) groups excluding carboxylic acids is 2. The molecule has 1 aliphatic heterocycles. The largest absolute Gasteiger partial charge is 0.507 e. The Balaban J connectivity index is 1.71. The molecule has 0 saturated carbocycles. The highest BCUT2D eigenvalue weighted by molar-refractivity contribution is 7.22. The predicted molar refractivity (Wildman–Crippen MR) is 136 cm³/mol. The molecule has 1 aliphatic rings. The number of aliphatic hydroxyl groups is 1. The van der Waals surface area contributed by atoms with Gasteiger partial charge in [0.05, 0.1) is 38.5 Å². The summed E-state index contributed by atoms with van der Waals surface area (Å²) < 4.78 is 20.0. The number of fused-ring (bicyclic) bond motifs is 1. The third-order valence-electron chi connectivity index (χ3n) is 5.60. The van der Waals surface area contributed by atoms with E-state index in [4.69, 9.17) is 27.9 Å². The number of aromatic nitrogens is 2. The summed E-state index contributed by atoms with van der Waals surface area (Å²) in [6.45, 7) is 2.13. The molecule has 2 aromatic carbocycles. The minimum absolute atomic E-state index is 0.111. The molecule has 1 amide bonds. The Labute approximate surface area is 218 Å². The van der Waals surface area contributed by atoms with Crippen LogP contribution in [0.5, 0.6) is 5.75 Å². The van der Waals surface area contributed by atoms with Crippen LogP contribution in [-0.2, 0) is 9.59 Å². The number of nitrogens with zero attached hydrogens (tertiary/aromatic N) is 3. The second-order valence-electron chi connectivity index (χ2n) is 7.76. The number of hydrogen-bond acceptors (Lipinski definition) is 7. The van der Waals surface area contributed by atoms with E-state index in [9.17, 15) is 19.1 Å². The average molecular weight is 544 g/mol. The second-order valence-corrected chi connectivity index (χ2v) is 9.58. The molecule has 0 bridgehead atoms. The van der Waals surface area contributed by atoms with E-state index >= 15 is 0 Å². The molecule has 0 radical (unpaired) electrons. The predicted octanol–water partition coefficient (Wildman–Crippen LogP) is 6.16. The van der Waals surface area contributed by atoms with Gasteiger partial charge in [-0.25, -0.2) is 9.37 Å². The third-order valence-corrected chi connectivity index (χ3v) is 7.22. The number of ketones is 1. The molecule has 1 N–H and O–H groups in total. The van der Waals surface area contributed by atoms with Gasteiger partial charge >= 0.3 is 5.91 Å². The Kier molecular flexibility index (Phi) is 6.38. The summed E-state index contributed by atoms with van der Waals surface area (Å²) in [5, 5.41) is 11.7. The molecule has 1 saturated heterocycles. The molecule has 182 valence electrons. The maximum atomic E-state index is 14.0. The molecule has 1 fully saturated rings. The van der Waals surface area contributed by atoms with E-state index in [0.717, 1.165) is 11.3 Å². The fourth-order valence-electron chi connectivity index (χ4n) is 3.98. The van der Waals surface area contributed by atoms with Gasteiger partial charge in [0, 0.05) is 18.0 Å². The lowest BCUT2D eigenvalue weighted by atomic mass is 9.96. The van der Waals surface area contributed by atoms with Crippen molar-refractivity contribution in [3.63, 3.8) is 0 Å². The normalized spacial score (nSPS) is 17.2. The van der Waals surface area contributed by atoms with E-state index in [1.807, 2.05) is 0 Å². The molecule has 5 rings (SSSR count). The summed E-state index contributed by atoms with van der Waals surface area (Å²) in [6, 6.07) is 9.39. The van der Waals surface area contributed by atoms with Gasteiger partial charge in [0.15, 0.2) is 5.13 Å². The number of benzene rings is 2. The first-order valence-electron chi connectivity index (χ1n) is 10.7. The zero-order chi connectivity index (χ0) is 25.6. The summed E-state index contributed by atoms with van der Waals surface area (Å²) >= 11 is 13.1. The van der Waals surface area contributed by atoms with Crippen LogP contribution in [0.25, 0.3) is 16.0 Å². The zero-order valence-corrected chi connectivity index (χ0v) is 20.9. The van der Waals surface area contributed by atoms with Crippen LogP contribution in [0.1, 0.15) is 24.1 Å². The number of ether oxygens (including phenoxy) is 1. The number of carbonyl (C=O) groups is 2. The standard InChI is InChI=1S/C25H16Cl2FN3O4S/c1-2-35-18-9-13(3-4-14(18)26)22(32)20-21(12-5-7-29-8-6-12)31(24(34)23(20)33)25-30-17-10-15(27)16(28)11-19(17)36-25/h3-11,21,32H,2H2,1H3/b22-20+. The minimum atomic E-state index is -1.01. The Morgan fingerprint density at radius 1 is 1.14 bits per heavy atom.